The van der Waals surface area contributed by atoms with Crippen molar-refractivity contribution in [2.24, 2.45) is 5.92 Å². The Hall–Kier alpha value is -1.14. The van der Waals surface area contributed by atoms with E-state index >= 15 is 0 Å². The molecule has 2 N–H and O–H groups in total. The van der Waals surface area contributed by atoms with Crippen molar-refractivity contribution in [1.82, 2.24) is 5.32 Å². The molecule has 1 aliphatic rings. The summed E-state index contributed by atoms with van der Waals surface area (Å²) < 4.78 is 5.03. The molecule has 0 aliphatic heterocycles. The highest BCUT2D eigenvalue weighted by molar-refractivity contribution is 7.80. The molecule has 1 aliphatic carbocycles. The number of thiocarbonyl (C=S) groups is 1. The predicted octanol–water partition coefficient (Wildman–Crippen LogP) is 6.09. The topological polar surface area (TPSA) is 50.4 Å². The zero-order chi connectivity index (χ0) is 20.4. The standard InChI is InChI=1S/C22H36N2O2S2/c1-4-5-6-7-8-9-10-11-14-23-22(27)24-20-19(21(25)26-3)17-13-12-16(2)15-18(17)28-20/h16H,4-15H2,1-3H3,(H2,23,24,27). The van der Waals surface area contributed by atoms with E-state index < -0.39 is 0 Å². The van der Waals surface area contributed by atoms with E-state index in [1.807, 2.05) is 0 Å². The molecule has 1 heterocycles. The molecule has 2 rings (SSSR count). The summed E-state index contributed by atoms with van der Waals surface area (Å²) in [5, 5.41) is 7.98. The summed E-state index contributed by atoms with van der Waals surface area (Å²) in [5.41, 5.74) is 1.84. The van der Waals surface area contributed by atoms with Crippen molar-refractivity contribution in [3.63, 3.8) is 0 Å². The van der Waals surface area contributed by atoms with Crippen molar-refractivity contribution in [2.75, 3.05) is 19.0 Å². The fourth-order valence-corrected chi connectivity index (χ4v) is 5.44. The summed E-state index contributed by atoms with van der Waals surface area (Å²) in [6, 6.07) is 0. The maximum absolute atomic E-state index is 12.3. The van der Waals surface area contributed by atoms with Gasteiger partial charge in [-0.2, -0.15) is 0 Å². The van der Waals surface area contributed by atoms with Crippen molar-refractivity contribution in [1.29, 1.82) is 0 Å². The molecule has 158 valence electrons. The third kappa shape index (κ3) is 7.03. The van der Waals surface area contributed by atoms with Crippen molar-refractivity contribution in [3.8, 4) is 0 Å². The number of carbonyl (C=O) groups excluding carboxylic acids is 1. The number of anilines is 1. The number of hydrogen-bond donors (Lipinski definition) is 2. The molecule has 0 fully saturated rings. The molecule has 1 aromatic heterocycles. The number of rotatable bonds is 11. The van der Waals surface area contributed by atoms with Gasteiger partial charge < -0.3 is 15.4 Å². The molecule has 1 aromatic rings. The number of thiophene rings is 1. The van der Waals surface area contributed by atoms with E-state index in [4.69, 9.17) is 17.0 Å². The predicted molar refractivity (Wildman–Crippen MR) is 124 cm³/mol. The van der Waals surface area contributed by atoms with E-state index in [0.29, 0.717) is 16.6 Å². The Morgan fingerprint density at radius 3 is 2.54 bits per heavy atom. The van der Waals surface area contributed by atoms with Crippen molar-refractivity contribution in [2.45, 2.75) is 84.5 Å². The van der Waals surface area contributed by atoms with Gasteiger partial charge in [0.2, 0.25) is 0 Å². The highest BCUT2D eigenvalue weighted by atomic mass is 32.1. The summed E-state index contributed by atoms with van der Waals surface area (Å²) in [6.45, 7) is 5.39. The Kier molecular flexibility index (Phi) is 10.3. The molecule has 0 amide bonds. The molecule has 6 heteroatoms. The maximum atomic E-state index is 12.3. The molecule has 4 nitrogen and oxygen atoms in total. The smallest absolute Gasteiger partial charge is 0.341 e. The molecule has 0 saturated heterocycles. The van der Waals surface area contributed by atoms with Gasteiger partial charge in [-0.25, -0.2) is 4.79 Å². The van der Waals surface area contributed by atoms with E-state index in [2.05, 4.69) is 24.5 Å². The van der Waals surface area contributed by atoms with Crippen molar-refractivity contribution >= 4 is 39.6 Å². The lowest BCUT2D eigenvalue weighted by molar-refractivity contribution is 0.0601. The lowest BCUT2D eigenvalue weighted by Gasteiger charge is -2.18. The van der Waals surface area contributed by atoms with Crippen LogP contribution in [0.25, 0.3) is 0 Å². The van der Waals surface area contributed by atoms with Crippen molar-refractivity contribution in [3.05, 3.63) is 16.0 Å². The second kappa shape index (κ2) is 12.4. The first kappa shape index (κ1) is 23.1. The Balaban J connectivity index is 1.78. The molecule has 0 spiro atoms. The van der Waals surface area contributed by atoms with Gasteiger partial charge >= 0.3 is 5.97 Å². The number of hydrogen-bond acceptors (Lipinski definition) is 4. The number of carbonyl (C=O) groups is 1. The van der Waals surface area contributed by atoms with Crippen LogP contribution < -0.4 is 10.6 Å². The number of esters is 1. The second-order valence-electron chi connectivity index (χ2n) is 7.90. The van der Waals surface area contributed by atoms with Gasteiger partial charge in [0, 0.05) is 11.4 Å². The van der Waals surface area contributed by atoms with Gasteiger partial charge in [0.25, 0.3) is 0 Å². The average molecular weight is 425 g/mol. The molecular weight excluding hydrogens is 388 g/mol. The van der Waals surface area contributed by atoms with Crippen LogP contribution in [0.5, 0.6) is 0 Å². The van der Waals surface area contributed by atoms with Crippen molar-refractivity contribution < 1.29 is 9.53 Å². The summed E-state index contributed by atoms with van der Waals surface area (Å²) in [4.78, 5) is 13.6. The number of methoxy groups -OCH3 is 1. The van der Waals surface area contributed by atoms with Gasteiger partial charge in [-0.15, -0.1) is 11.3 Å². The van der Waals surface area contributed by atoms with Gasteiger partial charge in [0.05, 0.1) is 12.7 Å². The lowest BCUT2D eigenvalue weighted by Crippen LogP contribution is -2.29. The van der Waals surface area contributed by atoms with E-state index in [0.717, 1.165) is 42.8 Å². The number of unbranched alkanes of at least 4 members (excludes halogenated alkanes) is 7. The number of fused-ring (bicyclic) bond motifs is 1. The third-order valence-corrected chi connectivity index (χ3v) is 6.86. The molecule has 1 atom stereocenters. The summed E-state index contributed by atoms with van der Waals surface area (Å²) >= 11 is 7.12. The minimum atomic E-state index is -0.263. The molecule has 0 saturated carbocycles. The summed E-state index contributed by atoms with van der Waals surface area (Å²) in [7, 11) is 1.44. The first-order valence-corrected chi connectivity index (χ1v) is 12.1. The van der Waals surface area contributed by atoms with E-state index in [-0.39, 0.29) is 5.97 Å². The number of ether oxygens (including phenoxy) is 1. The maximum Gasteiger partial charge on any atom is 0.341 e. The van der Waals surface area contributed by atoms with Gasteiger partial charge in [0.15, 0.2) is 5.11 Å². The highest BCUT2D eigenvalue weighted by Gasteiger charge is 2.28. The van der Waals surface area contributed by atoms with Crippen LogP contribution in [0.15, 0.2) is 0 Å². The third-order valence-electron chi connectivity index (χ3n) is 5.44. The Labute approximate surface area is 179 Å². The zero-order valence-corrected chi connectivity index (χ0v) is 19.3. The Morgan fingerprint density at radius 1 is 1.18 bits per heavy atom. The monoisotopic (exact) mass is 424 g/mol. The molecular formula is C22H36N2O2S2. The Bertz CT molecular complexity index is 643. The van der Waals surface area contributed by atoms with E-state index in [1.165, 1.54) is 56.9 Å². The first-order valence-electron chi connectivity index (χ1n) is 10.8. The van der Waals surface area contributed by atoms with Crippen LogP contribution in [0.1, 0.15) is 92.4 Å². The fourth-order valence-electron chi connectivity index (χ4n) is 3.76. The fraction of sp³-hybridized carbons (Fsp3) is 0.727. The molecule has 28 heavy (non-hydrogen) atoms. The molecule has 0 radical (unpaired) electrons. The average Bonchev–Trinajstić information content (AvgIpc) is 3.02. The van der Waals surface area contributed by atoms with Crippen LogP contribution in [0.4, 0.5) is 5.00 Å². The largest absolute Gasteiger partial charge is 0.465 e. The minimum absolute atomic E-state index is 0.263. The zero-order valence-electron chi connectivity index (χ0n) is 17.7. The van der Waals surface area contributed by atoms with Crippen LogP contribution in [-0.2, 0) is 17.6 Å². The molecule has 0 bridgehead atoms. The van der Waals surface area contributed by atoms with Crippen LogP contribution in [0, 0.1) is 5.92 Å². The summed E-state index contributed by atoms with van der Waals surface area (Å²) in [5.74, 6) is 0.400. The van der Waals surface area contributed by atoms with Gasteiger partial charge in [-0.05, 0) is 49.4 Å². The summed E-state index contributed by atoms with van der Waals surface area (Å²) in [6.07, 6.45) is 13.5. The van der Waals surface area contributed by atoms with Gasteiger partial charge in [-0.1, -0.05) is 58.8 Å². The Morgan fingerprint density at radius 2 is 1.86 bits per heavy atom. The SMILES string of the molecule is CCCCCCCCCCNC(=S)Nc1sc2c(c1C(=O)OC)CCC(C)C2. The van der Waals surface area contributed by atoms with Crippen LogP contribution >= 0.6 is 23.6 Å². The van der Waals surface area contributed by atoms with Gasteiger partial charge in [-0.3, -0.25) is 0 Å². The van der Waals surface area contributed by atoms with E-state index in [9.17, 15) is 4.79 Å². The quantitative estimate of drug-likeness (QED) is 0.256. The molecule has 1 unspecified atom stereocenters. The van der Waals surface area contributed by atoms with Gasteiger partial charge in [0.1, 0.15) is 5.00 Å². The van der Waals surface area contributed by atoms with Crippen LogP contribution in [-0.4, -0.2) is 24.7 Å². The van der Waals surface area contributed by atoms with Crippen LogP contribution in [0.3, 0.4) is 0 Å². The van der Waals surface area contributed by atoms with E-state index in [1.54, 1.807) is 11.3 Å². The molecule has 0 aromatic carbocycles. The first-order chi connectivity index (χ1) is 13.6. The normalized spacial score (nSPS) is 15.8. The number of nitrogens with one attached hydrogen (secondary N) is 2. The van der Waals surface area contributed by atoms with Crippen LogP contribution in [0.2, 0.25) is 0 Å². The second-order valence-corrected chi connectivity index (χ2v) is 9.42. The minimum Gasteiger partial charge on any atom is -0.465 e. The lowest BCUT2D eigenvalue weighted by atomic mass is 9.88. The highest BCUT2D eigenvalue weighted by Crippen LogP contribution is 2.39.